The SMILES string of the molecule is Cn1c(C(=O)O)c([C@H](C(=O)O)N2CCN(CC(=O)N3CCCC3)CC2)c2ccccc21. The number of hydrogen-bond acceptors (Lipinski definition) is 5. The van der Waals surface area contributed by atoms with E-state index in [2.05, 4.69) is 4.90 Å². The van der Waals surface area contributed by atoms with Gasteiger partial charge in [0.15, 0.2) is 0 Å². The first-order valence-electron chi connectivity index (χ1n) is 10.7. The Bertz CT molecular complexity index is 1000. The number of benzene rings is 1. The maximum Gasteiger partial charge on any atom is 0.352 e. The molecule has 1 aromatic heterocycles. The Labute approximate surface area is 180 Å². The Morgan fingerprint density at radius 1 is 0.968 bits per heavy atom. The highest BCUT2D eigenvalue weighted by molar-refractivity contribution is 6.01. The zero-order valence-corrected chi connectivity index (χ0v) is 17.7. The van der Waals surface area contributed by atoms with E-state index in [0.29, 0.717) is 49.2 Å². The van der Waals surface area contributed by atoms with Crippen molar-refractivity contribution in [3.8, 4) is 0 Å². The van der Waals surface area contributed by atoms with Crippen molar-refractivity contribution in [1.29, 1.82) is 0 Å². The number of likely N-dealkylation sites (tertiary alicyclic amines) is 1. The molecule has 9 heteroatoms. The highest BCUT2D eigenvalue weighted by atomic mass is 16.4. The molecule has 0 saturated carbocycles. The monoisotopic (exact) mass is 428 g/mol. The van der Waals surface area contributed by atoms with Gasteiger partial charge in [0, 0.05) is 62.8 Å². The van der Waals surface area contributed by atoms with Gasteiger partial charge in [-0.1, -0.05) is 18.2 Å². The minimum Gasteiger partial charge on any atom is -0.480 e. The van der Waals surface area contributed by atoms with E-state index in [1.54, 1.807) is 29.8 Å². The summed E-state index contributed by atoms with van der Waals surface area (Å²) in [5.41, 5.74) is 1.01. The number of aromatic nitrogens is 1. The molecule has 0 radical (unpaired) electrons. The summed E-state index contributed by atoms with van der Waals surface area (Å²) in [5.74, 6) is -2.09. The lowest BCUT2D eigenvalue weighted by Gasteiger charge is -2.38. The van der Waals surface area contributed by atoms with Gasteiger partial charge in [-0.25, -0.2) is 4.79 Å². The molecule has 2 aliphatic rings. The summed E-state index contributed by atoms with van der Waals surface area (Å²) >= 11 is 0. The molecule has 3 heterocycles. The average molecular weight is 428 g/mol. The standard InChI is InChI=1S/C22H28N4O5/c1-23-16-7-3-2-6-15(16)18(19(23)21(28)29)20(22(30)31)26-12-10-24(11-13-26)14-17(27)25-8-4-5-9-25/h2-3,6-7,20H,4-5,8-14H2,1H3,(H,28,29)(H,30,31)/t20-/m1/s1. The van der Waals surface area contributed by atoms with Crippen LogP contribution in [0.2, 0.25) is 0 Å². The second-order valence-electron chi connectivity index (χ2n) is 8.28. The fourth-order valence-corrected chi connectivity index (χ4v) is 4.86. The normalized spacial score (nSPS) is 19.1. The molecule has 2 fully saturated rings. The van der Waals surface area contributed by atoms with Crippen LogP contribution < -0.4 is 0 Å². The van der Waals surface area contributed by atoms with Crippen molar-refractivity contribution in [3.63, 3.8) is 0 Å². The van der Waals surface area contributed by atoms with Crippen molar-refractivity contribution in [1.82, 2.24) is 19.3 Å². The Kier molecular flexibility index (Phi) is 5.97. The van der Waals surface area contributed by atoms with Gasteiger partial charge in [0.1, 0.15) is 11.7 Å². The van der Waals surface area contributed by atoms with Crippen LogP contribution in [0.5, 0.6) is 0 Å². The predicted molar refractivity (Wildman–Crippen MR) is 114 cm³/mol. The molecule has 2 saturated heterocycles. The molecule has 2 aromatic rings. The first kappa shape index (κ1) is 21.3. The van der Waals surface area contributed by atoms with Gasteiger partial charge in [-0.3, -0.25) is 19.4 Å². The number of hydrogen-bond donors (Lipinski definition) is 2. The molecule has 0 spiro atoms. The van der Waals surface area contributed by atoms with Crippen molar-refractivity contribution >= 4 is 28.7 Å². The number of carbonyl (C=O) groups is 3. The molecule has 1 amide bonds. The zero-order chi connectivity index (χ0) is 22.1. The summed E-state index contributed by atoms with van der Waals surface area (Å²) in [6.07, 6.45) is 2.10. The lowest BCUT2D eigenvalue weighted by Crippen LogP contribution is -2.51. The van der Waals surface area contributed by atoms with Crippen molar-refractivity contribution < 1.29 is 24.6 Å². The van der Waals surface area contributed by atoms with Crippen LogP contribution in [-0.2, 0) is 16.6 Å². The lowest BCUT2D eigenvalue weighted by atomic mass is 10.00. The molecule has 9 nitrogen and oxygen atoms in total. The van der Waals surface area contributed by atoms with Crippen LogP contribution in [0.1, 0.15) is 34.9 Å². The van der Waals surface area contributed by atoms with E-state index in [-0.39, 0.29) is 11.6 Å². The number of nitrogens with zero attached hydrogens (tertiary/aromatic N) is 4. The maximum absolute atomic E-state index is 12.4. The van der Waals surface area contributed by atoms with E-state index in [0.717, 1.165) is 25.9 Å². The quantitative estimate of drug-likeness (QED) is 0.713. The van der Waals surface area contributed by atoms with Gasteiger partial charge in [0.05, 0.1) is 6.54 Å². The molecule has 2 aliphatic heterocycles. The molecule has 0 unspecified atom stereocenters. The van der Waals surface area contributed by atoms with E-state index >= 15 is 0 Å². The number of aryl methyl sites for hydroxylation is 1. The van der Waals surface area contributed by atoms with Gasteiger partial charge in [0.2, 0.25) is 5.91 Å². The molecule has 0 aliphatic carbocycles. The number of para-hydroxylation sites is 1. The summed E-state index contributed by atoms with van der Waals surface area (Å²) in [4.78, 5) is 42.6. The fourth-order valence-electron chi connectivity index (χ4n) is 4.86. The van der Waals surface area contributed by atoms with E-state index in [1.807, 2.05) is 15.9 Å². The van der Waals surface area contributed by atoms with Crippen LogP contribution in [0.3, 0.4) is 0 Å². The molecule has 31 heavy (non-hydrogen) atoms. The van der Waals surface area contributed by atoms with E-state index in [1.165, 1.54) is 0 Å². The zero-order valence-electron chi connectivity index (χ0n) is 17.7. The number of aliphatic carboxylic acids is 1. The van der Waals surface area contributed by atoms with Crippen LogP contribution in [0.25, 0.3) is 10.9 Å². The van der Waals surface area contributed by atoms with Gasteiger partial charge in [-0.2, -0.15) is 0 Å². The molecule has 2 N–H and O–H groups in total. The Balaban J connectivity index is 1.56. The number of amides is 1. The largest absolute Gasteiger partial charge is 0.480 e. The van der Waals surface area contributed by atoms with Gasteiger partial charge >= 0.3 is 11.9 Å². The first-order valence-corrected chi connectivity index (χ1v) is 10.7. The second kappa shape index (κ2) is 8.68. The Hall–Kier alpha value is -2.91. The summed E-state index contributed by atoms with van der Waals surface area (Å²) in [6.45, 7) is 4.02. The predicted octanol–water partition coefficient (Wildman–Crippen LogP) is 1.24. The third-order valence-electron chi connectivity index (χ3n) is 6.45. The molecule has 4 rings (SSSR count). The van der Waals surface area contributed by atoms with Crippen molar-refractivity contribution in [3.05, 3.63) is 35.5 Å². The third-order valence-corrected chi connectivity index (χ3v) is 6.45. The Morgan fingerprint density at radius 2 is 1.61 bits per heavy atom. The lowest BCUT2D eigenvalue weighted by molar-refractivity contribution is -0.145. The summed E-state index contributed by atoms with van der Waals surface area (Å²) < 4.78 is 1.55. The number of carbonyl (C=O) groups excluding carboxylic acids is 1. The average Bonchev–Trinajstić information content (AvgIpc) is 3.37. The number of aromatic carboxylic acids is 1. The smallest absolute Gasteiger partial charge is 0.352 e. The van der Waals surface area contributed by atoms with Crippen LogP contribution in [-0.4, -0.2) is 93.1 Å². The fraction of sp³-hybridized carbons (Fsp3) is 0.500. The van der Waals surface area contributed by atoms with Crippen LogP contribution in [0.4, 0.5) is 0 Å². The number of piperazine rings is 1. The summed E-state index contributed by atoms with van der Waals surface area (Å²) in [5, 5.41) is 20.6. The molecule has 1 atom stereocenters. The molecule has 166 valence electrons. The van der Waals surface area contributed by atoms with E-state index in [9.17, 15) is 24.6 Å². The minimum atomic E-state index is -1.14. The topological polar surface area (TPSA) is 106 Å². The van der Waals surface area contributed by atoms with Crippen molar-refractivity contribution in [2.75, 3.05) is 45.8 Å². The number of carboxylic acids is 2. The highest BCUT2D eigenvalue weighted by Gasteiger charge is 2.37. The van der Waals surface area contributed by atoms with Crippen LogP contribution >= 0.6 is 0 Å². The summed E-state index contributed by atoms with van der Waals surface area (Å²) in [6, 6.07) is 6.11. The van der Waals surface area contributed by atoms with Crippen molar-refractivity contribution in [2.24, 2.45) is 7.05 Å². The summed E-state index contributed by atoms with van der Waals surface area (Å²) in [7, 11) is 1.65. The maximum atomic E-state index is 12.4. The van der Waals surface area contributed by atoms with E-state index < -0.39 is 18.0 Å². The van der Waals surface area contributed by atoms with Gasteiger partial charge < -0.3 is 19.7 Å². The third kappa shape index (κ3) is 4.03. The second-order valence-corrected chi connectivity index (χ2v) is 8.28. The van der Waals surface area contributed by atoms with E-state index in [4.69, 9.17) is 0 Å². The number of carboxylic acid groups (broad SMARTS) is 2. The first-order chi connectivity index (χ1) is 14.9. The van der Waals surface area contributed by atoms with Crippen LogP contribution in [0.15, 0.2) is 24.3 Å². The van der Waals surface area contributed by atoms with Gasteiger partial charge in [-0.05, 0) is 18.9 Å². The van der Waals surface area contributed by atoms with Crippen molar-refractivity contribution in [2.45, 2.75) is 18.9 Å². The molecular formula is C22H28N4O5. The molecule has 1 aromatic carbocycles. The Morgan fingerprint density at radius 3 is 2.23 bits per heavy atom. The highest BCUT2D eigenvalue weighted by Crippen LogP contribution is 2.34. The molecule has 0 bridgehead atoms. The van der Waals surface area contributed by atoms with Gasteiger partial charge in [-0.15, -0.1) is 0 Å². The number of rotatable bonds is 6. The van der Waals surface area contributed by atoms with Gasteiger partial charge in [0.25, 0.3) is 0 Å². The molecular weight excluding hydrogens is 400 g/mol. The van der Waals surface area contributed by atoms with Crippen LogP contribution in [0, 0.1) is 0 Å². The minimum absolute atomic E-state index is 0.000223. The number of fused-ring (bicyclic) bond motifs is 1.